The zero-order chi connectivity index (χ0) is 14.7. The van der Waals surface area contributed by atoms with Gasteiger partial charge in [0.25, 0.3) is 5.91 Å². The molecular formula is C12H9ClN4O3. The average molecular weight is 293 g/mol. The van der Waals surface area contributed by atoms with Crippen molar-refractivity contribution in [2.24, 2.45) is 0 Å². The Balaban J connectivity index is 2.44. The van der Waals surface area contributed by atoms with E-state index in [1.165, 1.54) is 36.6 Å². The van der Waals surface area contributed by atoms with Crippen LogP contribution in [0, 0.1) is 10.1 Å². The lowest BCUT2D eigenvalue weighted by molar-refractivity contribution is -0.385. The van der Waals surface area contributed by atoms with Crippen molar-refractivity contribution < 1.29 is 9.72 Å². The number of halogens is 1. The number of aromatic nitrogens is 2. The summed E-state index contributed by atoms with van der Waals surface area (Å²) in [5, 5.41) is 10.7. The van der Waals surface area contributed by atoms with E-state index in [0.717, 1.165) is 0 Å². The highest BCUT2D eigenvalue weighted by Gasteiger charge is 2.27. The van der Waals surface area contributed by atoms with Crippen LogP contribution in [0.1, 0.15) is 10.4 Å². The maximum Gasteiger partial charge on any atom is 0.319 e. The third kappa shape index (κ3) is 2.57. The first-order valence-electron chi connectivity index (χ1n) is 5.49. The quantitative estimate of drug-likeness (QED) is 0.492. The van der Waals surface area contributed by atoms with Crippen LogP contribution >= 0.6 is 11.6 Å². The summed E-state index contributed by atoms with van der Waals surface area (Å²) >= 11 is 5.69. The summed E-state index contributed by atoms with van der Waals surface area (Å²) in [7, 11) is 1.51. The molecule has 7 nitrogen and oxygen atoms in total. The van der Waals surface area contributed by atoms with Crippen molar-refractivity contribution in [2.45, 2.75) is 0 Å². The van der Waals surface area contributed by atoms with Crippen LogP contribution in [0.2, 0.25) is 5.15 Å². The van der Waals surface area contributed by atoms with Gasteiger partial charge in [0.1, 0.15) is 5.56 Å². The highest BCUT2D eigenvalue weighted by Crippen LogP contribution is 2.27. The van der Waals surface area contributed by atoms with Gasteiger partial charge in [-0.15, -0.1) is 0 Å². The number of hydrogen-bond acceptors (Lipinski definition) is 5. The normalized spacial score (nSPS) is 10.1. The zero-order valence-corrected chi connectivity index (χ0v) is 11.1. The second kappa shape index (κ2) is 5.62. The zero-order valence-electron chi connectivity index (χ0n) is 10.4. The molecule has 0 spiro atoms. The molecule has 0 aliphatic heterocycles. The van der Waals surface area contributed by atoms with Gasteiger partial charge >= 0.3 is 5.69 Å². The molecule has 1 amide bonds. The fraction of sp³-hybridized carbons (Fsp3) is 0.0833. The van der Waals surface area contributed by atoms with E-state index < -0.39 is 16.5 Å². The summed E-state index contributed by atoms with van der Waals surface area (Å²) in [5.74, 6) is -0.549. The second-order valence-electron chi connectivity index (χ2n) is 3.82. The van der Waals surface area contributed by atoms with Crippen molar-refractivity contribution in [3.63, 3.8) is 0 Å². The lowest BCUT2D eigenvalue weighted by Gasteiger charge is -2.16. The van der Waals surface area contributed by atoms with Crippen molar-refractivity contribution in [1.82, 2.24) is 9.97 Å². The van der Waals surface area contributed by atoms with E-state index in [2.05, 4.69) is 9.97 Å². The first-order valence-corrected chi connectivity index (χ1v) is 5.87. The van der Waals surface area contributed by atoms with Gasteiger partial charge in [0.15, 0.2) is 0 Å². The van der Waals surface area contributed by atoms with E-state index in [-0.39, 0.29) is 10.7 Å². The van der Waals surface area contributed by atoms with E-state index in [0.29, 0.717) is 5.69 Å². The SMILES string of the molecule is CN(C(=O)c1ccnc(Cl)c1[N+](=O)[O-])c1ccncc1. The van der Waals surface area contributed by atoms with Gasteiger partial charge in [0, 0.05) is 31.3 Å². The van der Waals surface area contributed by atoms with Gasteiger partial charge in [-0.25, -0.2) is 4.98 Å². The van der Waals surface area contributed by atoms with E-state index in [4.69, 9.17) is 11.6 Å². The summed E-state index contributed by atoms with van der Waals surface area (Å²) in [5.41, 5.74) is -0.0541. The maximum atomic E-state index is 12.3. The Morgan fingerprint density at radius 1 is 1.30 bits per heavy atom. The van der Waals surface area contributed by atoms with Crippen molar-refractivity contribution in [3.8, 4) is 0 Å². The minimum atomic E-state index is -0.719. The summed E-state index contributed by atoms with van der Waals surface area (Å²) in [6.07, 6.45) is 4.29. The van der Waals surface area contributed by atoms with E-state index in [9.17, 15) is 14.9 Å². The van der Waals surface area contributed by atoms with Crippen LogP contribution in [0.15, 0.2) is 36.8 Å². The molecule has 0 atom stereocenters. The maximum absolute atomic E-state index is 12.3. The largest absolute Gasteiger partial charge is 0.319 e. The number of rotatable bonds is 3. The summed E-state index contributed by atoms with van der Waals surface area (Å²) < 4.78 is 0. The number of amides is 1. The Kier molecular flexibility index (Phi) is 3.90. The van der Waals surface area contributed by atoms with Crippen molar-refractivity contribution in [1.29, 1.82) is 0 Å². The molecule has 2 heterocycles. The minimum absolute atomic E-state index is 0.116. The molecule has 0 aromatic carbocycles. The molecule has 8 heteroatoms. The van der Waals surface area contributed by atoms with E-state index >= 15 is 0 Å². The van der Waals surface area contributed by atoms with Crippen LogP contribution in [0.25, 0.3) is 0 Å². The predicted molar refractivity (Wildman–Crippen MR) is 72.9 cm³/mol. The van der Waals surface area contributed by atoms with Gasteiger partial charge < -0.3 is 4.90 Å². The molecular weight excluding hydrogens is 284 g/mol. The highest BCUT2D eigenvalue weighted by atomic mass is 35.5. The Morgan fingerprint density at radius 3 is 2.55 bits per heavy atom. The van der Waals surface area contributed by atoms with Crippen LogP contribution < -0.4 is 4.90 Å². The van der Waals surface area contributed by atoms with Crippen molar-refractivity contribution >= 4 is 28.9 Å². The molecule has 0 saturated carbocycles. The lowest BCUT2D eigenvalue weighted by atomic mass is 10.2. The monoisotopic (exact) mass is 292 g/mol. The van der Waals surface area contributed by atoms with Gasteiger partial charge in [-0.2, -0.15) is 0 Å². The number of anilines is 1. The number of pyridine rings is 2. The fourth-order valence-electron chi connectivity index (χ4n) is 1.64. The Morgan fingerprint density at radius 2 is 1.95 bits per heavy atom. The topological polar surface area (TPSA) is 89.2 Å². The van der Waals surface area contributed by atoms with Crippen LogP contribution in [0.3, 0.4) is 0 Å². The molecule has 2 aromatic rings. The highest BCUT2D eigenvalue weighted by molar-refractivity contribution is 6.32. The second-order valence-corrected chi connectivity index (χ2v) is 4.18. The fourth-order valence-corrected chi connectivity index (χ4v) is 1.87. The van der Waals surface area contributed by atoms with Crippen LogP contribution in [0.5, 0.6) is 0 Å². The average Bonchev–Trinajstić information content (AvgIpc) is 2.46. The van der Waals surface area contributed by atoms with Gasteiger partial charge in [0.2, 0.25) is 5.15 Å². The van der Waals surface area contributed by atoms with Crippen LogP contribution in [-0.2, 0) is 0 Å². The summed E-state index contributed by atoms with van der Waals surface area (Å²) in [6.45, 7) is 0. The van der Waals surface area contributed by atoms with E-state index in [1.807, 2.05) is 0 Å². The molecule has 20 heavy (non-hydrogen) atoms. The third-order valence-corrected chi connectivity index (χ3v) is 2.92. The molecule has 0 saturated heterocycles. The number of carbonyl (C=O) groups is 1. The molecule has 0 N–H and O–H groups in total. The molecule has 2 aromatic heterocycles. The number of hydrogen-bond donors (Lipinski definition) is 0. The summed E-state index contributed by atoms with van der Waals surface area (Å²) in [6, 6.07) is 4.50. The molecule has 0 aliphatic carbocycles. The Labute approximate surface area is 119 Å². The van der Waals surface area contributed by atoms with Crippen molar-refractivity contribution in [3.05, 3.63) is 57.6 Å². The van der Waals surface area contributed by atoms with E-state index in [1.54, 1.807) is 12.1 Å². The van der Waals surface area contributed by atoms with Gasteiger partial charge in [-0.1, -0.05) is 11.6 Å². The first kappa shape index (κ1) is 13.9. The molecule has 0 fully saturated rings. The summed E-state index contributed by atoms with van der Waals surface area (Å²) in [4.78, 5) is 31.4. The predicted octanol–water partition coefficient (Wildman–Crippen LogP) is 2.31. The van der Waals surface area contributed by atoms with Crippen LogP contribution in [-0.4, -0.2) is 27.8 Å². The van der Waals surface area contributed by atoms with Gasteiger partial charge in [-0.05, 0) is 18.2 Å². The first-order chi connectivity index (χ1) is 9.52. The van der Waals surface area contributed by atoms with Crippen LogP contribution in [0.4, 0.5) is 11.4 Å². The Bertz CT molecular complexity index is 663. The third-order valence-electron chi connectivity index (χ3n) is 2.65. The molecule has 0 radical (unpaired) electrons. The number of carbonyl (C=O) groups excluding carboxylic acids is 1. The van der Waals surface area contributed by atoms with Crippen molar-refractivity contribution in [2.75, 3.05) is 11.9 Å². The number of nitro groups is 1. The standard InChI is InChI=1S/C12H9ClN4O3/c1-16(8-2-5-14-6-3-8)12(18)9-4-7-15-11(13)10(9)17(19)20/h2-7H,1H3. The minimum Gasteiger partial charge on any atom is -0.311 e. The molecule has 102 valence electrons. The number of nitrogens with zero attached hydrogens (tertiary/aromatic N) is 4. The molecule has 2 rings (SSSR count). The Hall–Kier alpha value is -2.54. The molecule has 0 unspecified atom stereocenters. The molecule has 0 bridgehead atoms. The lowest BCUT2D eigenvalue weighted by Crippen LogP contribution is -2.27. The van der Waals surface area contributed by atoms with Gasteiger partial charge in [0.05, 0.1) is 4.92 Å². The molecule has 0 aliphatic rings. The van der Waals surface area contributed by atoms with Gasteiger partial charge in [-0.3, -0.25) is 19.9 Å². The smallest absolute Gasteiger partial charge is 0.311 e.